The maximum Gasteiger partial charge on any atom is 0.207 e. The standard InChI is InChI=1S/C38H24O4S2/c39-43(40)33-17-9-7-15-29(33)31-23-27(19-21-35(31)43)37(25-11-3-1-4-12-25)38(26-13-5-2-6-14-26)28-20-22-36-32(24-28)30-16-8-10-18-34(30)44(36,41)42/h1-24H. The molecule has 0 amide bonds. The second-order valence-corrected chi connectivity index (χ2v) is 14.7. The molecule has 4 nitrogen and oxygen atoms in total. The normalized spacial score (nSPS) is 15.5. The van der Waals surface area contributed by atoms with Crippen LogP contribution in [0.25, 0.3) is 33.4 Å². The fourth-order valence-corrected chi connectivity index (χ4v) is 9.80. The van der Waals surface area contributed by atoms with Crippen molar-refractivity contribution in [2.24, 2.45) is 0 Å². The van der Waals surface area contributed by atoms with Gasteiger partial charge in [0.1, 0.15) is 0 Å². The number of hydrogen-bond acceptors (Lipinski definition) is 4. The maximum absolute atomic E-state index is 13.4. The van der Waals surface area contributed by atoms with Crippen LogP contribution in [0.2, 0.25) is 0 Å². The Hall–Kier alpha value is -5.04. The zero-order valence-corrected chi connectivity index (χ0v) is 24.9. The molecule has 0 spiro atoms. The lowest BCUT2D eigenvalue weighted by molar-refractivity contribution is 0.597. The summed E-state index contributed by atoms with van der Waals surface area (Å²) in [5.74, 6) is 0. The SMILES string of the molecule is O=S1(=O)c2ccccc2-c2cc(C(=C(c3ccccc3)c3ccc4c(c3)-c3ccccc3S4(=O)=O)c3ccccc3)ccc21. The highest BCUT2D eigenvalue weighted by Crippen LogP contribution is 2.48. The molecule has 0 saturated heterocycles. The fraction of sp³-hybridized carbons (Fsp3) is 0. The summed E-state index contributed by atoms with van der Waals surface area (Å²) in [6.07, 6.45) is 0. The van der Waals surface area contributed by atoms with Gasteiger partial charge in [-0.3, -0.25) is 0 Å². The predicted molar refractivity (Wildman–Crippen MR) is 173 cm³/mol. The van der Waals surface area contributed by atoms with E-state index in [0.717, 1.165) is 33.4 Å². The Bertz CT molecular complexity index is 2220. The molecule has 0 N–H and O–H groups in total. The second-order valence-electron chi connectivity index (χ2n) is 10.9. The molecule has 6 aromatic carbocycles. The molecule has 212 valence electrons. The van der Waals surface area contributed by atoms with Gasteiger partial charge in [0.15, 0.2) is 0 Å². The van der Waals surface area contributed by atoms with E-state index in [2.05, 4.69) is 0 Å². The topological polar surface area (TPSA) is 68.3 Å². The van der Waals surface area contributed by atoms with E-state index in [1.165, 1.54) is 0 Å². The molecular weight excluding hydrogens is 585 g/mol. The number of benzene rings is 6. The van der Waals surface area contributed by atoms with Crippen LogP contribution in [0.15, 0.2) is 165 Å². The molecule has 0 unspecified atom stereocenters. The monoisotopic (exact) mass is 608 g/mol. The Balaban J connectivity index is 1.46. The highest BCUT2D eigenvalue weighted by atomic mass is 32.2. The lowest BCUT2D eigenvalue weighted by Crippen LogP contribution is -2.00. The smallest absolute Gasteiger partial charge is 0.207 e. The van der Waals surface area contributed by atoms with E-state index >= 15 is 0 Å². The van der Waals surface area contributed by atoms with Gasteiger partial charge < -0.3 is 0 Å². The van der Waals surface area contributed by atoms with E-state index in [1.54, 1.807) is 36.4 Å². The fourth-order valence-electron chi connectivity index (χ4n) is 6.46. The minimum atomic E-state index is -3.62. The molecular formula is C38H24O4S2. The van der Waals surface area contributed by atoms with Gasteiger partial charge >= 0.3 is 0 Å². The first kappa shape index (κ1) is 26.6. The minimum absolute atomic E-state index is 0.301. The van der Waals surface area contributed by atoms with Gasteiger partial charge in [-0.15, -0.1) is 0 Å². The van der Waals surface area contributed by atoms with Crippen LogP contribution in [0.3, 0.4) is 0 Å². The highest BCUT2D eigenvalue weighted by molar-refractivity contribution is 7.92. The lowest BCUT2D eigenvalue weighted by atomic mass is 9.84. The third-order valence-corrected chi connectivity index (χ3v) is 12.2. The van der Waals surface area contributed by atoms with Crippen LogP contribution in [-0.4, -0.2) is 16.8 Å². The average molecular weight is 609 g/mol. The minimum Gasteiger partial charge on any atom is -0.218 e. The third-order valence-electron chi connectivity index (χ3n) is 8.42. The van der Waals surface area contributed by atoms with Crippen LogP contribution in [0.1, 0.15) is 22.3 Å². The van der Waals surface area contributed by atoms with Crippen molar-refractivity contribution in [2.45, 2.75) is 19.6 Å². The molecule has 0 bridgehead atoms. The number of rotatable bonds is 4. The van der Waals surface area contributed by atoms with E-state index in [-0.39, 0.29) is 0 Å². The Morgan fingerprint density at radius 2 is 0.659 bits per heavy atom. The molecule has 2 aliphatic rings. The quantitative estimate of drug-likeness (QED) is 0.189. The summed E-state index contributed by atoms with van der Waals surface area (Å²) < 4.78 is 53.6. The van der Waals surface area contributed by atoms with E-state index in [4.69, 9.17) is 0 Å². The van der Waals surface area contributed by atoms with Crippen molar-refractivity contribution in [3.63, 3.8) is 0 Å². The van der Waals surface area contributed by atoms with Crippen LogP contribution in [0.5, 0.6) is 0 Å². The Morgan fingerprint density at radius 3 is 1.07 bits per heavy atom. The molecule has 6 aromatic rings. The van der Waals surface area contributed by atoms with Crippen molar-refractivity contribution in [3.8, 4) is 22.3 Å². The molecule has 2 aliphatic heterocycles. The van der Waals surface area contributed by atoms with E-state index in [0.29, 0.717) is 41.8 Å². The number of hydrogen-bond donors (Lipinski definition) is 0. The summed E-state index contributed by atoms with van der Waals surface area (Å²) in [4.78, 5) is 1.24. The summed E-state index contributed by atoms with van der Waals surface area (Å²) in [6.45, 7) is 0. The summed E-state index contributed by atoms with van der Waals surface area (Å²) in [5.41, 5.74) is 8.17. The predicted octanol–water partition coefficient (Wildman–Crippen LogP) is 8.32. The summed E-state index contributed by atoms with van der Waals surface area (Å²) >= 11 is 0. The molecule has 0 saturated carbocycles. The van der Waals surface area contributed by atoms with Gasteiger partial charge in [-0.1, -0.05) is 109 Å². The van der Waals surface area contributed by atoms with E-state index in [9.17, 15) is 16.8 Å². The van der Waals surface area contributed by atoms with Gasteiger partial charge in [-0.05, 0) is 69.8 Å². The molecule has 0 aliphatic carbocycles. The van der Waals surface area contributed by atoms with Crippen molar-refractivity contribution in [1.82, 2.24) is 0 Å². The van der Waals surface area contributed by atoms with Gasteiger partial charge in [0.2, 0.25) is 19.7 Å². The van der Waals surface area contributed by atoms with E-state index < -0.39 is 19.7 Å². The van der Waals surface area contributed by atoms with Crippen LogP contribution < -0.4 is 0 Å². The molecule has 0 fully saturated rings. The molecule has 2 heterocycles. The molecule has 0 atom stereocenters. The summed E-state index contributed by atoms with van der Waals surface area (Å²) in [7, 11) is -7.23. The van der Waals surface area contributed by atoms with Crippen molar-refractivity contribution in [3.05, 3.63) is 168 Å². The average Bonchev–Trinajstić information content (AvgIpc) is 3.43. The van der Waals surface area contributed by atoms with Crippen LogP contribution in [0.4, 0.5) is 0 Å². The van der Waals surface area contributed by atoms with Gasteiger partial charge in [0.25, 0.3) is 0 Å². The first-order valence-electron chi connectivity index (χ1n) is 14.2. The van der Waals surface area contributed by atoms with Gasteiger partial charge in [0.05, 0.1) is 19.6 Å². The third kappa shape index (κ3) is 3.88. The van der Waals surface area contributed by atoms with Gasteiger partial charge in [-0.25, -0.2) is 16.8 Å². The van der Waals surface area contributed by atoms with Crippen LogP contribution in [-0.2, 0) is 19.7 Å². The van der Waals surface area contributed by atoms with Crippen molar-refractivity contribution < 1.29 is 16.8 Å². The van der Waals surface area contributed by atoms with Crippen molar-refractivity contribution >= 4 is 30.8 Å². The molecule has 0 radical (unpaired) electrons. The number of sulfone groups is 2. The maximum atomic E-state index is 13.4. The zero-order valence-electron chi connectivity index (χ0n) is 23.3. The Kier molecular flexibility index (Phi) is 5.88. The van der Waals surface area contributed by atoms with Crippen molar-refractivity contribution in [2.75, 3.05) is 0 Å². The largest absolute Gasteiger partial charge is 0.218 e. The Labute approximate surface area is 256 Å². The highest BCUT2D eigenvalue weighted by Gasteiger charge is 2.35. The van der Waals surface area contributed by atoms with Crippen LogP contribution >= 0.6 is 0 Å². The first-order valence-corrected chi connectivity index (χ1v) is 17.2. The first-order chi connectivity index (χ1) is 21.4. The molecule has 44 heavy (non-hydrogen) atoms. The number of fused-ring (bicyclic) bond motifs is 6. The molecule has 8 rings (SSSR count). The Morgan fingerprint density at radius 1 is 0.318 bits per heavy atom. The van der Waals surface area contributed by atoms with Gasteiger partial charge in [-0.2, -0.15) is 0 Å². The van der Waals surface area contributed by atoms with Gasteiger partial charge in [0, 0.05) is 22.3 Å². The van der Waals surface area contributed by atoms with E-state index in [1.807, 2.05) is 109 Å². The molecule has 0 aromatic heterocycles. The lowest BCUT2D eigenvalue weighted by Gasteiger charge is -2.19. The summed E-state index contributed by atoms with van der Waals surface area (Å²) in [5, 5.41) is 0. The van der Waals surface area contributed by atoms with Crippen LogP contribution in [0, 0.1) is 0 Å². The zero-order chi connectivity index (χ0) is 30.1. The second kappa shape index (κ2) is 9.74. The summed E-state index contributed by atoms with van der Waals surface area (Å²) in [6, 6.07) is 45.4. The van der Waals surface area contributed by atoms with Crippen molar-refractivity contribution in [1.29, 1.82) is 0 Å². The molecule has 6 heteroatoms.